The fourth-order valence-electron chi connectivity index (χ4n) is 7.08. The van der Waals surface area contributed by atoms with Crippen LogP contribution in [0.2, 0.25) is 0 Å². The van der Waals surface area contributed by atoms with Gasteiger partial charge in [0.25, 0.3) is 52.4 Å². The zero-order chi connectivity index (χ0) is 63.1. The maximum absolute atomic E-state index is 12.1. The van der Waals surface area contributed by atoms with E-state index in [1.165, 1.54) is 36.4 Å². The molecular weight excluding hydrogens is 1370 g/mol. The first kappa shape index (κ1) is 74.2. The second kappa shape index (κ2) is 29.5. The third-order valence-electron chi connectivity index (χ3n) is 10.2. The number of hydrogen-bond acceptors (Lipinski definition) is 22. The number of carboxylic acids is 4. The van der Waals surface area contributed by atoms with Crippen LogP contribution in [0.15, 0.2) is 117 Å². The predicted octanol–water partition coefficient (Wildman–Crippen LogP) is 3.03. The summed E-state index contributed by atoms with van der Waals surface area (Å²) in [5.41, 5.74) is 8.34. The van der Waals surface area contributed by atoms with Crippen molar-refractivity contribution in [2.75, 3.05) is 0 Å². The van der Waals surface area contributed by atoms with Gasteiger partial charge in [-0.25, -0.2) is 24.4 Å². The van der Waals surface area contributed by atoms with Crippen molar-refractivity contribution in [1.82, 2.24) is 39.9 Å². The van der Waals surface area contributed by atoms with Gasteiger partial charge in [-0.15, -0.1) is 12.6 Å². The molecule has 5 heterocycles. The van der Waals surface area contributed by atoms with Gasteiger partial charge in [0, 0.05) is 78.2 Å². The van der Waals surface area contributed by atoms with E-state index in [-0.39, 0.29) is 120 Å². The van der Waals surface area contributed by atoms with E-state index in [4.69, 9.17) is 57.0 Å². The number of hydrogen-bond donors (Lipinski definition) is 10. The van der Waals surface area contributed by atoms with Crippen LogP contribution in [-0.2, 0) is 99.6 Å². The molecule has 0 aliphatic carbocycles. The molecule has 12 N–H and O–H groups in total. The minimum absolute atomic E-state index is 0. The Kier molecular flexibility index (Phi) is 25.1. The molecule has 8 aromatic rings. The van der Waals surface area contributed by atoms with Gasteiger partial charge in [0.15, 0.2) is 0 Å². The second-order valence-electron chi connectivity index (χ2n) is 16.0. The Morgan fingerprint density at radius 1 is 0.425 bits per heavy atom. The van der Waals surface area contributed by atoms with Crippen LogP contribution in [0.5, 0.6) is 0 Å². The number of primary amides is 2. The number of benzene rings is 5. The van der Waals surface area contributed by atoms with Crippen LogP contribution >= 0.6 is 0 Å². The number of rotatable bonds is 6. The fourth-order valence-corrected chi connectivity index (χ4v) is 9.11. The molecule has 0 fully saturated rings. The van der Waals surface area contributed by atoms with Crippen LogP contribution in [0.3, 0.4) is 0 Å². The Morgan fingerprint density at radius 3 is 1.01 bits per heavy atom. The number of carbonyl (C=O) groups is 5. The quantitative estimate of drug-likeness (QED) is 0.0844. The molecule has 87 heavy (non-hydrogen) atoms. The SMILES string of the molecule is C.CC(=O)O.CC(=O)O.NC(N)=O.O=C(O)c1ccc(S(=O)(=O)O)cc1C(=O)O.O=S(=O)(O)c1ccc2c(c1)-c1nc-2nc2[n-]c(nc3nc(nc4[n-]c(n1)c1ccccc41)-c1ccc(S(=O)(=O)O)cc1-3)c1ccc(S(=O)(=O)O)cc21.O=S(=O)=O.[Zn+2].[Zn]. The number of aliphatic carboxylic acids is 2. The number of nitrogens with two attached hydrogens (primary N) is 2. The van der Waals surface area contributed by atoms with Crippen molar-refractivity contribution in [3.63, 3.8) is 0 Å². The van der Waals surface area contributed by atoms with Crippen LogP contribution < -0.4 is 21.4 Å². The van der Waals surface area contributed by atoms with Crippen LogP contribution in [0.4, 0.5) is 4.79 Å². The number of carboxylic acid groups (broad SMARTS) is 4. The van der Waals surface area contributed by atoms with Crippen molar-refractivity contribution in [2.24, 2.45) is 11.5 Å². The Labute approximate surface area is 515 Å². The van der Waals surface area contributed by atoms with Gasteiger partial charge >= 0.3 is 48.1 Å². The van der Waals surface area contributed by atoms with E-state index in [1.54, 1.807) is 24.3 Å². The van der Waals surface area contributed by atoms with Crippen LogP contribution in [-0.4, -0.2) is 145 Å². The molecule has 3 aromatic heterocycles. The third-order valence-corrected chi connectivity index (χ3v) is 13.6. The molecule has 0 spiro atoms. The molecule has 0 atom stereocenters. The molecule has 0 saturated carbocycles. The van der Waals surface area contributed by atoms with Gasteiger partial charge in [0.2, 0.25) is 0 Å². The molecule has 5 aromatic carbocycles. The molecule has 0 radical (unpaired) electrons. The van der Waals surface area contributed by atoms with Crippen molar-refractivity contribution in [2.45, 2.75) is 40.9 Å². The van der Waals surface area contributed by atoms with Gasteiger partial charge < -0.3 is 61.8 Å². The van der Waals surface area contributed by atoms with Crippen molar-refractivity contribution in [3.8, 4) is 45.6 Å². The predicted molar refractivity (Wildman–Crippen MR) is 290 cm³/mol. The average Bonchev–Trinajstić information content (AvgIpc) is 1.66. The maximum atomic E-state index is 12.1. The molecule has 0 unspecified atom stereocenters. The monoisotopic (exact) mass is 1400 g/mol. The fraction of sp³-hybridized carbons (Fsp3) is 0.0652. The van der Waals surface area contributed by atoms with Crippen molar-refractivity contribution in [3.05, 3.63) is 108 Å². The molecule has 2 aliphatic rings. The molecule has 8 bridgehead atoms. The minimum Gasteiger partial charge on any atom is -0.481 e. The first-order valence-electron chi connectivity index (χ1n) is 21.7. The summed E-state index contributed by atoms with van der Waals surface area (Å²) in [7, 11) is -21.7. The Balaban J connectivity index is 0.000000611. The molecule has 450 valence electrons. The summed E-state index contributed by atoms with van der Waals surface area (Å²) in [6, 6.07) is 19.4. The number of fused-ring (bicyclic) bond motifs is 20. The summed E-state index contributed by atoms with van der Waals surface area (Å²) in [5.74, 6) is -4.80. The van der Waals surface area contributed by atoms with Gasteiger partial charge in [0.1, 0.15) is 0 Å². The van der Waals surface area contributed by atoms with Crippen LogP contribution in [0.1, 0.15) is 42.0 Å². The van der Waals surface area contributed by atoms with E-state index in [2.05, 4.69) is 46.4 Å². The van der Waals surface area contributed by atoms with Crippen molar-refractivity contribution >= 4 is 125 Å². The van der Waals surface area contributed by atoms with Gasteiger partial charge in [0.05, 0.1) is 54.0 Å². The van der Waals surface area contributed by atoms with E-state index < -0.39 is 112 Å². The molecule has 10 rings (SSSR count). The average molecular weight is 1410 g/mol. The van der Waals surface area contributed by atoms with Crippen molar-refractivity contribution in [1.29, 1.82) is 0 Å². The summed E-state index contributed by atoms with van der Waals surface area (Å²) in [4.78, 5) is 83.2. The van der Waals surface area contributed by atoms with Gasteiger partial charge in [-0.2, -0.15) is 33.7 Å². The van der Waals surface area contributed by atoms with E-state index in [0.717, 1.165) is 44.2 Å². The first-order valence-corrected chi connectivity index (χ1v) is 28.5. The standard InChI is InChI=1S/C32H16N8O9S3.C8H6O7S.2C2H4O2.CH4N2O.CH4.O3S.2Zn/c41-50(42,43)14-5-8-19-22(11-14)31-36-27(19)34-25-17-3-1-2-4-18(17)26(33-25)35-30-23-12-15(51(44,45)46)6-9-20(23)28(37-30)39-32-24-13-16(52(47,48)49)7-10-21(24)29(38-31)40-32;9-7(10)5-2-1-4(16(13,14)15)3-6(5)8(11)12;2*1-2(3)4;2-1(3)4;;1-4(2)3;;/h1-13H,(H3-2,33,34,35,36,37,38,39,40,41,42,43,44,45,46,47,48,49);1-3H,(H,9,10)(H,11,12)(H,13,14,15);2*1H3,(H,3,4);(H4,2,3,4);1H4;;;/q-2;;;;;;;;+2. The number of nitrogens with zero attached hydrogens (tertiary/aromatic N) is 8. The summed E-state index contributed by atoms with van der Waals surface area (Å²) >= 11 is 0. The van der Waals surface area contributed by atoms with Gasteiger partial charge in [-0.05, 0) is 76.1 Å². The number of aromatic nitrogens is 8. The van der Waals surface area contributed by atoms with Gasteiger partial charge in [-0.3, -0.25) is 27.8 Å². The maximum Gasteiger partial charge on any atom is 2.00 e. The third kappa shape index (κ3) is 19.3. The Bertz CT molecular complexity index is 4780. The molecule has 41 heteroatoms. The van der Waals surface area contributed by atoms with Crippen molar-refractivity contribution < 1.29 is 148 Å². The number of carbonyl (C=O) groups excluding carboxylic acids is 1. The normalized spacial score (nSPS) is 10.9. The summed E-state index contributed by atoms with van der Waals surface area (Å²) in [6.45, 7) is 2.17. The summed E-state index contributed by atoms with van der Waals surface area (Å²) < 4.78 is 158. The van der Waals surface area contributed by atoms with E-state index in [0.29, 0.717) is 22.4 Å². The number of urea groups is 1. The smallest absolute Gasteiger partial charge is 0.481 e. The zero-order valence-electron chi connectivity index (χ0n) is 43.0. The van der Waals surface area contributed by atoms with E-state index in [1.807, 2.05) is 0 Å². The minimum atomic E-state index is -4.69. The largest absolute Gasteiger partial charge is 2.00 e. The summed E-state index contributed by atoms with van der Waals surface area (Å²) in [6.07, 6.45) is 0. The number of amides is 2. The first-order chi connectivity index (χ1) is 38.8. The molecule has 34 nitrogen and oxygen atoms in total. The molecular formula is C46H38N10O24S5Zn2. The topological polar surface area (TPSA) is 593 Å². The van der Waals surface area contributed by atoms with E-state index in [9.17, 15) is 56.9 Å². The number of aromatic carboxylic acids is 2. The molecule has 0 saturated heterocycles. The van der Waals surface area contributed by atoms with E-state index >= 15 is 0 Å². The Morgan fingerprint density at radius 2 is 0.690 bits per heavy atom. The van der Waals surface area contributed by atoms with Gasteiger partial charge in [-0.1, -0.05) is 49.9 Å². The zero-order valence-corrected chi connectivity index (χ0v) is 53.1. The van der Waals surface area contributed by atoms with Crippen LogP contribution in [0.25, 0.3) is 89.7 Å². The summed E-state index contributed by atoms with van der Waals surface area (Å²) in [5, 5.41) is 33.6. The molecule has 2 amide bonds. The van der Waals surface area contributed by atoms with Crippen LogP contribution in [0, 0.1) is 0 Å². The Hall–Kier alpha value is -8.88. The second-order valence-corrected chi connectivity index (χ2v) is 22.1. The molecule has 2 aliphatic heterocycles.